The second-order valence-corrected chi connectivity index (χ2v) is 11.6. The summed E-state index contributed by atoms with van der Waals surface area (Å²) < 4.78 is 26.6. The lowest BCUT2D eigenvalue weighted by atomic mass is 9.78. The van der Waals surface area contributed by atoms with Gasteiger partial charge in [-0.1, -0.05) is 107 Å². The monoisotopic (exact) mass is 661 g/mol. The number of aromatic nitrogens is 1. The summed E-state index contributed by atoms with van der Waals surface area (Å²) in [7, 11) is 0. The third-order valence-electron chi connectivity index (χ3n) is 7.71. The Balaban J connectivity index is 1.51. The van der Waals surface area contributed by atoms with Gasteiger partial charge in [0.25, 0.3) is 0 Å². The van der Waals surface area contributed by atoms with Crippen LogP contribution in [0.2, 0.25) is 0 Å². The van der Waals surface area contributed by atoms with E-state index in [1.54, 1.807) is 12.1 Å². The second kappa shape index (κ2) is 13.7. The van der Waals surface area contributed by atoms with Crippen LogP contribution in [0.1, 0.15) is 28.2 Å². The fraction of sp³-hybridized carbons (Fsp3) is 0.105. The first-order chi connectivity index (χ1) is 22.0. The molecule has 0 saturated heterocycles. The first-order valence-corrected chi connectivity index (χ1v) is 15.3. The number of benzene rings is 5. The van der Waals surface area contributed by atoms with Crippen molar-refractivity contribution in [3.8, 4) is 11.3 Å². The molecule has 45 heavy (non-hydrogen) atoms. The maximum absolute atomic E-state index is 14.2. The van der Waals surface area contributed by atoms with Gasteiger partial charge in [0.15, 0.2) is 5.92 Å². The average Bonchev–Trinajstić information content (AvgIpc) is 3.46. The largest absolute Gasteiger partial charge is 0.460 e. The topological polar surface area (TPSA) is 68.4 Å². The molecular formula is C38H29BrFNO4. The molecule has 0 aliphatic rings. The van der Waals surface area contributed by atoms with Crippen LogP contribution in [0.5, 0.6) is 0 Å². The number of carbonyl (C=O) groups excluding carboxylic acids is 2. The van der Waals surface area contributed by atoms with Crippen molar-refractivity contribution in [1.29, 1.82) is 0 Å². The minimum atomic E-state index is -1.36. The van der Waals surface area contributed by atoms with Gasteiger partial charge in [-0.15, -0.1) is 0 Å². The number of aromatic amines is 1. The number of para-hydroxylation sites is 1. The van der Waals surface area contributed by atoms with Gasteiger partial charge in [0.2, 0.25) is 0 Å². The van der Waals surface area contributed by atoms with Crippen molar-refractivity contribution in [3.05, 3.63) is 166 Å². The predicted octanol–water partition coefficient (Wildman–Crippen LogP) is 8.97. The molecule has 0 saturated carbocycles. The molecule has 1 unspecified atom stereocenters. The van der Waals surface area contributed by atoms with Crippen LogP contribution >= 0.6 is 15.9 Å². The van der Waals surface area contributed by atoms with Gasteiger partial charge in [0.05, 0.1) is 5.69 Å². The second-order valence-electron chi connectivity index (χ2n) is 10.7. The molecule has 1 heterocycles. The quantitative estimate of drug-likeness (QED) is 0.118. The van der Waals surface area contributed by atoms with Crippen molar-refractivity contribution >= 4 is 38.8 Å². The van der Waals surface area contributed by atoms with Crippen molar-refractivity contribution < 1.29 is 23.5 Å². The predicted molar refractivity (Wildman–Crippen MR) is 176 cm³/mol. The summed E-state index contributed by atoms with van der Waals surface area (Å²) in [6.45, 7) is -0.0121. The fourth-order valence-electron chi connectivity index (χ4n) is 5.53. The van der Waals surface area contributed by atoms with Gasteiger partial charge >= 0.3 is 11.9 Å². The Kier molecular flexibility index (Phi) is 9.17. The van der Waals surface area contributed by atoms with Gasteiger partial charge in [0, 0.05) is 21.3 Å². The molecule has 0 spiro atoms. The highest BCUT2D eigenvalue weighted by Crippen LogP contribution is 2.44. The van der Waals surface area contributed by atoms with Crippen LogP contribution in [0.3, 0.4) is 0 Å². The molecule has 6 rings (SSSR count). The van der Waals surface area contributed by atoms with Crippen LogP contribution in [-0.4, -0.2) is 16.9 Å². The summed E-state index contributed by atoms with van der Waals surface area (Å²) in [4.78, 5) is 31.8. The Morgan fingerprint density at radius 3 is 1.78 bits per heavy atom. The maximum Gasteiger partial charge on any atom is 0.321 e. The van der Waals surface area contributed by atoms with Crippen molar-refractivity contribution in [2.45, 2.75) is 19.1 Å². The fourth-order valence-corrected chi connectivity index (χ4v) is 5.80. The Bertz CT molecular complexity index is 1850. The van der Waals surface area contributed by atoms with Crippen molar-refractivity contribution in [2.24, 2.45) is 5.92 Å². The molecule has 1 N–H and O–H groups in total. The van der Waals surface area contributed by atoms with Gasteiger partial charge in [-0.3, -0.25) is 9.59 Å². The lowest BCUT2D eigenvalue weighted by molar-refractivity contribution is -0.164. The standard InChI is InChI=1S/C38H29BrFNO4/c39-29-19-15-27(16-20-29)33(34-31-13-7-8-14-32(31)41-36(34)28-17-21-30(40)22-18-28)35(37(42)44-23-25-9-3-1-4-10-25)38(43)45-24-26-11-5-2-6-12-26/h1-22,33,35,41H,23-24H2. The van der Waals surface area contributed by atoms with Crippen molar-refractivity contribution in [2.75, 3.05) is 0 Å². The molecule has 0 aliphatic carbocycles. The lowest BCUT2D eigenvalue weighted by Crippen LogP contribution is -2.34. The molecule has 1 aromatic heterocycles. The molecular weight excluding hydrogens is 633 g/mol. The number of halogens is 2. The van der Waals surface area contributed by atoms with Crippen LogP contribution in [0.15, 0.2) is 138 Å². The molecule has 0 amide bonds. The van der Waals surface area contributed by atoms with Crippen LogP contribution in [-0.2, 0) is 32.3 Å². The van der Waals surface area contributed by atoms with Crippen LogP contribution < -0.4 is 0 Å². The highest BCUT2D eigenvalue weighted by Gasteiger charge is 2.42. The number of hydrogen-bond acceptors (Lipinski definition) is 4. The number of ether oxygens (including phenoxy) is 2. The zero-order valence-corrected chi connectivity index (χ0v) is 25.7. The first-order valence-electron chi connectivity index (χ1n) is 14.5. The lowest BCUT2D eigenvalue weighted by Gasteiger charge is -2.26. The zero-order chi connectivity index (χ0) is 31.2. The van der Waals surface area contributed by atoms with Gasteiger partial charge in [-0.25, -0.2) is 4.39 Å². The van der Waals surface area contributed by atoms with E-state index in [0.717, 1.165) is 26.5 Å². The van der Waals surface area contributed by atoms with Crippen LogP contribution in [0, 0.1) is 11.7 Å². The van der Waals surface area contributed by atoms with E-state index in [9.17, 15) is 14.0 Å². The molecule has 0 fully saturated rings. The molecule has 7 heteroatoms. The number of carbonyl (C=O) groups is 2. The minimum absolute atomic E-state index is 0.00605. The first kappa shape index (κ1) is 30.0. The molecule has 0 radical (unpaired) electrons. The van der Waals surface area contributed by atoms with E-state index in [1.165, 1.54) is 12.1 Å². The Hall–Kier alpha value is -5.01. The van der Waals surface area contributed by atoms with Crippen molar-refractivity contribution in [3.63, 3.8) is 0 Å². The number of rotatable bonds is 10. The van der Waals surface area contributed by atoms with Gasteiger partial charge in [-0.2, -0.15) is 0 Å². The molecule has 1 atom stereocenters. The Morgan fingerprint density at radius 1 is 0.667 bits per heavy atom. The third kappa shape index (κ3) is 6.89. The number of esters is 2. The molecule has 0 aliphatic heterocycles. The summed E-state index contributed by atoms with van der Waals surface area (Å²) in [5.41, 5.74) is 5.19. The number of nitrogens with one attached hydrogen (secondary N) is 1. The van der Waals surface area contributed by atoms with Gasteiger partial charge in [-0.05, 0) is 70.3 Å². The van der Waals surface area contributed by atoms with E-state index >= 15 is 0 Å². The molecule has 0 bridgehead atoms. The van der Waals surface area contributed by atoms with E-state index < -0.39 is 23.8 Å². The van der Waals surface area contributed by atoms with E-state index in [-0.39, 0.29) is 19.0 Å². The highest BCUT2D eigenvalue weighted by molar-refractivity contribution is 9.10. The Labute approximate surface area is 268 Å². The summed E-state index contributed by atoms with van der Waals surface area (Å²) in [6.07, 6.45) is 0. The number of hydrogen-bond donors (Lipinski definition) is 1. The normalized spacial score (nSPS) is 11.8. The third-order valence-corrected chi connectivity index (χ3v) is 8.24. The average molecular weight is 663 g/mol. The van der Waals surface area contributed by atoms with Gasteiger partial charge < -0.3 is 14.5 Å². The summed E-state index contributed by atoms with van der Waals surface area (Å²) >= 11 is 3.51. The molecule has 5 aromatic carbocycles. The SMILES string of the molecule is O=C(OCc1ccccc1)C(C(=O)OCc1ccccc1)C(c1ccc(Br)cc1)c1c(-c2ccc(F)cc2)[nH]c2ccccc12. The molecule has 5 nitrogen and oxygen atoms in total. The van der Waals surface area contributed by atoms with Crippen LogP contribution in [0.4, 0.5) is 4.39 Å². The highest BCUT2D eigenvalue weighted by atomic mass is 79.9. The van der Waals surface area contributed by atoms with E-state index in [4.69, 9.17) is 9.47 Å². The summed E-state index contributed by atoms with van der Waals surface area (Å²) in [5.74, 6) is -3.97. The van der Waals surface area contributed by atoms with E-state index in [0.29, 0.717) is 22.4 Å². The zero-order valence-electron chi connectivity index (χ0n) is 24.2. The van der Waals surface area contributed by atoms with Gasteiger partial charge in [0.1, 0.15) is 19.0 Å². The number of fused-ring (bicyclic) bond motifs is 1. The van der Waals surface area contributed by atoms with E-state index in [2.05, 4.69) is 20.9 Å². The van der Waals surface area contributed by atoms with Crippen LogP contribution in [0.25, 0.3) is 22.2 Å². The Morgan fingerprint density at radius 2 is 1.20 bits per heavy atom. The number of H-pyrrole nitrogens is 1. The summed E-state index contributed by atoms with van der Waals surface area (Å²) in [5, 5.41) is 0.821. The van der Waals surface area contributed by atoms with Crippen molar-refractivity contribution in [1.82, 2.24) is 4.98 Å². The minimum Gasteiger partial charge on any atom is -0.460 e. The smallest absolute Gasteiger partial charge is 0.321 e. The van der Waals surface area contributed by atoms with E-state index in [1.807, 2.05) is 109 Å². The maximum atomic E-state index is 14.2. The molecule has 6 aromatic rings. The molecule has 224 valence electrons. The summed E-state index contributed by atoms with van der Waals surface area (Å²) in [6, 6.07) is 40.0.